The number of aryl methyl sites for hydroxylation is 2. The van der Waals surface area contributed by atoms with Crippen LogP contribution in [0.5, 0.6) is 0 Å². The SMILES string of the molecule is CCCCCc1cccc(C(CCCCc2ccccc2)OC(=O)O)c1CCCCC. The number of hydrogen-bond acceptors (Lipinski definition) is 2. The van der Waals surface area contributed by atoms with Crippen LogP contribution in [0.2, 0.25) is 0 Å². The van der Waals surface area contributed by atoms with E-state index in [0.29, 0.717) is 0 Å². The summed E-state index contributed by atoms with van der Waals surface area (Å²) in [6.45, 7) is 4.45. The summed E-state index contributed by atoms with van der Waals surface area (Å²) in [5.41, 5.74) is 5.13. The molecule has 2 aromatic carbocycles. The van der Waals surface area contributed by atoms with E-state index in [9.17, 15) is 9.90 Å². The predicted molar refractivity (Wildman–Crippen MR) is 129 cm³/mol. The van der Waals surface area contributed by atoms with Gasteiger partial charge in [-0.15, -0.1) is 0 Å². The van der Waals surface area contributed by atoms with Crippen molar-refractivity contribution in [3.8, 4) is 0 Å². The minimum atomic E-state index is -1.18. The van der Waals surface area contributed by atoms with Gasteiger partial charge in [-0.05, 0) is 73.6 Å². The number of hydrogen-bond donors (Lipinski definition) is 1. The second-order valence-electron chi connectivity index (χ2n) is 8.50. The summed E-state index contributed by atoms with van der Waals surface area (Å²) in [6.07, 6.45) is 11.4. The fourth-order valence-electron chi connectivity index (χ4n) is 4.32. The molecule has 3 heteroatoms. The summed E-state index contributed by atoms with van der Waals surface area (Å²) >= 11 is 0. The Morgan fingerprint density at radius 2 is 1.48 bits per heavy atom. The highest BCUT2D eigenvalue weighted by atomic mass is 16.7. The van der Waals surface area contributed by atoms with Crippen molar-refractivity contribution in [1.82, 2.24) is 0 Å². The van der Waals surface area contributed by atoms with Crippen LogP contribution in [0.15, 0.2) is 48.5 Å². The van der Waals surface area contributed by atoms with Gasteiger partial charge in [0.1, 0.15) is 6.10 Å². The van der Waals surface area contributed by atoms with Crippen molar-refractivity contribution in [3.05, 3.63) is 70.8 Å². The molecule has 0 aliphatic heterocycles. The van der Waals surface area contributed by atoms with Crippen molar-refractivity contribution >= 4 is 6.16 Å². The molecule has 1 N–H and O–H groups in total. The lowest BCUT2D eigenvalue weighted by atomic mass is 9.89. The predicted octanol–water partition coefficient (Wildman–Crippen LogP) is 8.30. The van der Waals surface area contributed by atoms with Crippen molar-refractivity contribution in [2.75, 3.05) is 0 Å². The van der Waals surface area contributed by atoms with E-state index in [-0.39, 0.29) is 6.10 Å². The Morgan fingerprint density at radius 1 is 0.806 bits per heavy atom. The maximum atomic E-state index is 11.5. The molecule has 0 aliphatic carbocycles. The van der Waals surface area contributed by atoms with Crippen molar-refractivity contribution in [2.45, 2.75) is 97.0 Å². The van der Waals surface area contributed by atoms with Gasteiger partial charge in [-0.1, -0.05) is 88.1 Å². The van der Waals surface area contributed by atoms with Crippen LogP contribution in [-0.2, 0) is 24.0 Å². The highest BCUT2D eigenvalue weighted by molar-refractivity contribution is 5.57. The molecular formula is C28H40O3. The fraction of sp³-hybridized carbons (Fsp3) is 0.536. The first-order chi connectivity index (χ1) is 15.2. The van der Waals surface area contributed by atoms with Crippen molar-refractivity contribution in [2.24, 2.45) is 0 Å². The Bertz CT molecular complexity index is 754. The number of unbranched alkanes of at least 4 members (excludes halogenated alkanes) is 5. The van der Waals surface area contributed by atoms with Gasteiger partial charge in [-0.2, -0.15) is 0 Å². The summed E-state index contributed by atoms with van der Waals surface area (Å²) in [6, 6.07) is 16.9. The van der Waals surface area contributed by atoms with Gasteiger partial charge in [0.15, 0.2) is 0 Å². The molecule has 0 amide bonds. The molecule has 1 atom stereocenters. The zero-order valence-electron chi connectivity index (χ0n) is 19.4. The van der Waals surface area contributed by atoms with Crippen LogP contribution in [0.25, 0.3) is 0 Å². The van der Waals surface area contributed by atoms with E-state index in [2.05, 4.69) is 56.3 Å². The van der Waals surface area contributed by atoms with Gasteiger partial charge in [0.2, 0.25) is 0 Å². The zero-order valence-corrected chi connectivity index (χ0v) is 19.4. The van der Waals surface area contributed by atoms with Gasteiger partial charge >= 0.3 is 6.16 Å². The molecule has 0 fully saturated rings. The summed E-state index contributed by atoms with van der Waals surface area (Å²) < 4.78 is 5.43. The highest BCUT2D eigenvalue weighted by Crippen LogP contribution is 2.31. The molecule has 0 saturated carbocycles. The number of rotatable bonds is 15. The highest BCUT2D eigenvalue weighted by Gasteiger charge is 2.21. The first kappa shape index (κ1) is 25.0. The summed E-state index contributed by atoms with van der Waals surface area (Å²) in [4.78, 5) is 11.5. The van der Waals surface area contributed by atoms with E-state index in [0.717, 1.165) is 50.5 Å². The number of carboxylic acid groups (broad SMARTS) is 1. The maximum Gasteiger partial charge on any atom is 0.506 e. The second-order valence-corrected chi connectivity index (χ2v) is 8.50. The van der Waals surface area contributed by atoms with E-state index in [4.69, 9.17) is 4.74 Å². The minimum Gasteiger partial charge on any atom is -0.450 e. The van der Waals surface area contributed by atoms with Gasteiger partial charge in [0.05, 0.1) is 0 Å². The summed E-state index contributed by atoms with van der Waals surface area (Å²) in [5, 5.41) is 9.41. The van der Waals surface area contributed by atoms with Gasteiger partial charge < -0.3 is 9.84 Å². The third-order valence-electron chi connectivity index (χ3n) is 6.00. The molecule has 0 bridgehead atoms. The Hall–Kier alpha value is -2.29. The van der Waals surface area contributed by atoms with Gasteiger partial charge in [-0.25, -0.2) is 4.79 Å². The van der Waals surface area contributed by atoms with Crippen LogP contribution in [0.3, 0.4) is 0 Å². The molecule has 0 spiro atoms. The summed E-state index contributed by atoms with van der Waals surface area (Å²) in [5.74, 6) is 0. The fourth-order valence-corrected chi connectivity index (χ4v) is 4.32. The standard InChI is InChI=1S/C28H40O3/c1-3-5-8-18-24-19-14-21-26(25(24)20-9-6-4-2)27(31-28(29)30)22-13-12-17-23-15-10-7-11-16-23/h7,10-11,14-16,19,21,27H,3-6,8-9,12-13,17-18,20,22H2,1-2H3,(H,29,30). The number of benzene rings is 2. The molecule has 2 rings (SSSR count). The molecule has 1 unspecified atom stereocenters. The number of ether oxygens (including phenoxy) is 1. The molecule has 170 valence electrons. The Labute approximate surface area is 188 Å². The van der Waals surface area contributed by atoms with Gasteiger partial charge in [-0.3, -0.25) is 0 Å². The third kappa shape index (κ3) is 9.16. The molecule has 2 aromatic rings. The molecule has 0 aliphatic rings. The van der Waals surface area contributed by atoms with Crippen LogP contribution >= 0.6 is 0 Å². The van der Waals surface area contributed by atoms with E-state index in [1.54, 1.807) is 0 Å². The lowest BCUT2D eigenvalue weighted by Crippen LogP contribution is -2.13. The van der Waals surface area contributed by atoms with E-state index in [1.807, 2.05) is 6.07 Å². The van der Waals surface area contributed by atoms with Crippen LogP contribution in [0.4, 0.5) is 4.79 Å². The van der Waals surface area contributed by atoms with Crippen molar-refractivity contribution < 1.29 is 14.6 Å². The van der Waals surface area contributed by atoms with Crippen molar-refractivity contribution in [3.63, 3.8) is 0 Å². The average Bonchev–Trinajstić information content (AvgIpc) is 2.77. The molecule has 3 nitrogen and oxygen atoms in total. The lowest BCUT2D eigenvalue weighted by molar-refractivity contribution is 0.0461. The molecular weight excluding hydrogens is 384 g/mol. The van der Waals surface area contributed by atoms with Crippen LogP contribution < -0.4 is 0 Å². The second kappa shape index (κ2) is 14.7. The molecule has 31 heavy (non-hydrogen) atoms. The minimum absolute atomic E-state index is 0.379. The maximum absolute atomic E-state index is 11.5. The molecule has 0 aromatic heterocycles. The smallest absolute Gasteiger partial charge is 0.450 e. The number of carbonyl (C=O) groups is 1. The zero-order chi connectivity index (χ0) is 22.3. The topological polar surface area (TPSA) is 46.5 Å². The lowest BCUT2D eigenvalue weighted by Gasteiger charge is -2.22. The first-order valence-corrected chi connectivity index (χ1v) is 12.2. The third-order valence-corrected chi connectivity index (χ3v) is 6.00. The van der Waals surface area contributed by atoms with Gasteiger partial charge in [0, 0.05) is 0 Å². The largest absolute Gasteiger partial charge is 0.506 e. The Kier molecular flexibility index (Phi) is 11.8. The van der Waals surface area contributed by atoms with Gasteiger partial charge in [0.25, 0.3) is 0 Å². The average molecular weight is 425 g/mol. The first-order valence-electron chi connectivity index (χ1n) is 12.2. The Balaban J connectivity index is 2.13. The van der Waals surface area contributed by atoms with E-state index in [1.165, 1.54) is 48.8 Å². The van der Waals surface area contributed by atoms with Crippen molar-refractivity contribution in [1.29, 1.82) is 0 Å². The van der Waals surface area contributed by atoms with Crippen LogP contribution in [0.1, 0.15) is 100.0 Å². The molecule has 0 heterocycles. The Morgan fingerprint density at radius 3 is 2.16 bits per heavy atom. The quantitative estimate of drug-likeness (QED) is 0.231. The van der Waals surface area contributed by atoms with E-state index >= 15 is 0 Å². The van der Waals surface area contributed by atoms with E-state index < -0.39 is 6.16 Å². The summed E-state index contributed by atoms with van der Waals surface area (Å²) in [7, 11) is 0. The molecule has 0 radical (unpaired) electrons. The normalized spacial score (nSPS) is 11.9. The van der Waals surface area contributed by atoms with Crippen LogP contribution in [-0.4, -0.2) is 11.3 Å². The van der Waals surface area contributed by atoms with Crippen LogP contribution in [0, 0.1) is 0 Å². The molecule has 0 saturated heterocycles. The monoisotopic (exact) mass is 424 g/mol.